The van der Waals surface area contributed by atoms with Gasteiger partial charge in [0, 0.05) is 0 Å². The fourth-order valence-electron chi connectivity index (χ4n) is 1.82. The van der Waals surface area contributed by atoms with Crippen LogP contribution in [0.15, 0.2) is 30.3 Å². The molecule has 0 saturated heterocycles. The average molecular weight is 392 g/mol. The minimum absolute atomic E-state index is 0.0166. The predicted octanol–water partition coefficient (Wildman–Crippen LogP) is 6.93. The van der Waals surface area contributed by atoms with Crippen LogP contribution in [0.2, 0.25) is 15.1 Å². The number of hydrogen-bond donors (Lipinski definition) is 0. The van der Waals surface area contributed by atoms with Gasteiger partial charge in [-0.15, -0.1) is 0 Å². The van der Waals surface area contributed by atoms with Gasteiger partial charge in [-0.05, 0) is 41.5 Å². The molecule has 0 amide bonds. The van der Waals surface area contributed by atoms with Gasteiger partial charge in [0.05, 0.1) is 20.6 Å². The van der Waals surface area contributed by atoms with Gasteiger partial charge in [-0.25, -0.2) is 0 Å². The van der Waals surface area contributed by atoms with Crippen LogP contribution in [0.25, 0.3) is 11.1 Å². The zero-order valence-electron chi connectivity index (χ0n) is 10.9. The highest BCUT2D eigenvalue weighted by molar-refractivity contribution is 6.48. The third kappa shape index (κ3) is 4.40. The van der Waals surface area contributed by atoms with E-state index in [1.54, 1.807) is 0 Å². The monoisotopic (exact) mass is 390 g/mol. The van der Waals surface area contributed by atoms with Crippen molar-refractivity contribution in [2.75, 3.05) is 0 Å². The Morgan fingerprint density at radius 1 is 0.826 bits per heavy atom. The summed E-state index contributed by atoms with van der Waals surface area (Å²) >= 11 is 17.4. The van der Waals surface area contributed by atoms with Crippen molar-refractivity contribution >= 4 is 34.8 Å². The molecular formula is C14H6Cl3F5O. The van der Waals surface area contributed by atoms with Crippen molar-refractivity contribution in [2.45, 2.75) is 12.8 Å². The lowest BCUT2D eigenvalue weighted by Crippen LogP contribution is -2.08. The highest BCUT2D eigenvalue weighted by Gasteiger charge is 2.32. The molecule has 0 heterocycles. The van der Waals surface area contributed by atoms with Gasteiger partial charge in [0.25, 0.3) is 0 Å². The van der Waals surface area contributed by atoms with Crippen LogP contribution in [-0.2, 0) is 6.18 Å². The van der Waals surface area contributed by atoms with E-state index >= 15 is 0 Å². The van der Waals surface area contributed by atoms with Gasteiger partial charge in [0.2, 0.25) is 0 Å². The fraction of sp³-hybridized carbons (Fsp3) is 0.143. The normalized spacial score (nSPS) is 11.9. The van der Waals surface area contributed by atoms with Crippen molar-refractivity contribution in [1.29, 1.82) is 0 Å². The second-order valence-electron chi connectivity index (χ2n) is 4.38. The number of ether oxygens (including phenoxy) is 1. The lowest BCUT2D eigenvalue weighted by molar-refractivity contribution is -0.138. The molecule has 9 heteroatoms. The molecule has 0 spiro atoms. The Morgan fingerprint density at radius 3 is 1.83 bits per heavy atom. The summed E-state index contributed by atoms with van der Waals surface area (Å²) in [6, 6.07) is 4.83. The van der Waals surface area contributed by atoms with Crippen LogP contribution in [0.5, 0.6) is 5.75 Å². The van der Waals surface area contributed by atoms with Crippen molar-refractivity contribution in [3.05, 3.63) is 51.0 Å². The van der Waals surface area contributed by atoms with E-state index in [2.05, 4.69) is 4.74 Å². The Hall–Kier alpha value is -1.24. The Balaban J connectivity index is 2.61. The van der Waals surface area contributed by atoms with Crippen LogP contribution < -0.4 is 4.74 Å². The lowest BCUT2D eigenvalue weighted by Gasteiger charge is -2.13. The molecule has 0 radical (unpaired) electrons. The number of hydrogen-bond acceptors (Lipinski definition) is 1. The van der Waals surface area contributed by atoms with E-state index < -0.39 is 24.1 Å². The summed E-state index contributed by atoms with van der Waals surface area (Å²) in [7, 11) is 0. The number of alkyl halides is 5. The summed E-state index contributed by atoms with van der Waals surface area (Å²) in [6.45, 7) is -3.26. The van der Waals surface area contributed by atoms with Gasteiger partial charge in [0.1, 0.15) is 5.75 Å². The molecule has 0 N–H and O–H groups in total. The molecule has 0 aliphatic rings. The van der Waals surface area contributed by atoms with E-state index in [4.69, 9.17) is 34.8 Å². The van der Waals surface area contributed by atoms with Crippen LogP contribution in [0, 0.1) is 0 Å². The van der Waals surface area contributed by atoms with E-state index in [1.807, 2.05) is 0 Å². The summed E-state index contributed by atoms with van der Waals surface area (Å²) in [6.07, 6.45) is -4.74. The molecule has 1 nitrogen and oxygen atoms in total. The molecular weight excluding hydrogens is 386 g/mol. The zero-order chi connectivity index (χ0) is 17.4. The Labute approximate surface area is 142 Å². The average Bonchev–Trinajstić information content (AvgIpc) is 2.42. The Morgan fingerprint density at radius 2 is 1.35 bits per heavy atom. The van der Waals surface area contributed by atoms with Crippen molar-refractivity contribution in [3.63, 3.8) is 0 Å². The van der Waals surface area contributed by atoms with Gasteiger partial charge < -0.3 is 4.74 Å². The topological polar surface area (TPSA) is 9.23 Å². The molecule has 124 valence electrons. The second kappa shape index (κ2) is 6.71. The number of benzene rings is 2. The smallest absolute Gasteiger partial charge is 0.416 e. The molecule has 23 heavy (non-hydrogen) atoms. The molecule has 2 rings (SSSR count). The first-order valence-electron chi connectivity index (χ1n) is 5.90. The minimum atomic E-state index is -4.74. The van der Waals surface area contributed by atoms with Crippen molar-refractivity contribution in [1.82, 2.24) is 0 Å². The molecule has 0 unspecified atom stereocenters. The Bertz CT molecular complexity index is 708. The van der Waals surface area contributed by atoms with Gasteiger partial charge >= 0.3 is 12.8 Å². The summed E-state index contributed by atoms with van der Waals surface area (Å²) in [5.41, 5.74) is -1.02. The van der Waals surface area contributed by atoms with E-state index in [0.717, 1.165) is 12.1 Å². The van der Waals surface area contributed by atoms with Gasteiger partial charge in [-0.1, -0.05) is 34.8 Å². The van der Waals surface area contributed by atoms with Gasteiger partial charge in [0.15, 0.2) is 0 Å². The van der Waals surface area contributed by atoms with Crippen LogP contribution in [0.4, 0.5) is 22.0 Å². The summed E-state index contributed by atoms with van der Waals surface area (Å²) in [5, 5.41) is 0.0684. The second-order valence-corrected chi connectivity index (χ2v) is 5.57. The first kappa shape index (κ1) is 18.1. The number of rotatable bonds is 3. The molecule has 0 bridgehead atoms. The zero-order valence-corrected chi connectivity index (χ0v) is 13.2. The van der Waals surface area contributed by atoms with Crippen LogP contribution >= 0.6 is 34.8 Å². The highest BCUT2D eigenvalue weighted by Crippen LogP contribution is 2.39. The van der Waals surface area contributed by atoms with Crippen LogP contribution in [0.1, 0.15) is 5.56 Å². The Kier molecular flexibility index (Phi) is 5.28. The van der Waals surface area contributed by atoms with Crippen molar-refractivity contribution < 1.29 is 26.7 Å². The maximum atomic E-state index is 12.9. The predicted molar refractivity (Wildman–Crippen MR) is 78.5 cm³/mol. The van der Waals surface area contributed by atoms with E-state index in [0.29, 0.717) is 6.07 Å². The van der Waals surface area contributed by atoms with Crippen molar-refractivity contribution in [2.24, 2.45) is 0 Å². The molecule has 0 aliphatic carbocycles. The standard InChI is InChI=1S/C14H6Cl3F5O/c15-10-3-7(4-11(16)12(10)17)6-1-8(14(20,21)22)5-9(2-6)23-13(18)19/h1-5,13H. The lowest BCUT2D eigenvalue weighted by atomic mass is 10.0. The maximum Gasteiger partial charge on any atom is 0.416 e. The third-order valence-corrected chi connectivity index (χ3v) is 3.97. The minimum Gasteiger partial charge on any atom is -0.435 e. The first-order chi connectivity index (χ1) is 10.6. The SMILES string of the molecule is FC(F)Oc1cc(-c2cc(Cl)c(Cl)c(Cl)c2)cc(C(F)(F)F)c1. The van der Waals surface area contributed by atoms with E-state index in [-0.39, 0.29) is 26.2 Å². The molecule has 0 aromatic heterocycles. The summed E-state index contributed by atoms with van der Waals surface area (Å²) in [5.74, 6) is -0.632. The summed E-state index contributed by atoms with van der Waals surface area (Å²) < 4.78 is 67.4. The summed E-state index contributed by atoms with van der Waals surface area (Å²) in [4.78, 5) is 0. The van der Waals surface area contributed by atoms with E-state index in [1.165, 1.54) is 12.1 Å². The molecule has 0 saturated carbocycles. The van der Waals surface area contributed by atoms with E-state index in [9.17, 15) is 22.0 Å². The molecule has 0 atom stereocenters. The highest BCUT2D eigenvalue weighted by atomic mass is 35.5. The van der Waals surface area contributed by atoms with Crippen molar-refractivity contribution in [3.8, 4) is 16.9 Å². The third-order valence-electron chi connectivity index (χ3n) is 2.78. The van der Waals surface area contributed by atoms with Crippen LogP contribution in [-0.4, -0.2) is 6.61 Å². The molecule has 2 aromatic carbocycles. The largest absolute Gasteiger partial charge is 0.435 e. The number of halogens is 8. The fourth-order valence-corrected chi connectivity index (χ4v) is 2.42. The molecule has 0 aliphatic heterocycles. The molecule has 2 aromatic rings. The molecule has 0 fully saturated rings. The maximum absolute atomic E-state index is 12.9. The van der Waals surface area contributed by atoms with Gasteiger partial charge in [-0.2, -0.15) is 22.0 Å². The van der Waals surface area contributed by atoms with Crippen LogP contribution in [0.3, 0.4) is 0 Å². The first-order valence-corrected chi connectivity index (χ1v) is 7.03. The quantitative estimate of drug-likeness (QED) is 0.407. The van der Waals surface area contributed by atoms with Gasteiger partial charge in [-0.3, -0.25) is 0 Å².